The van der Waals surface area contributed by atoms with Crippen LogP contribution in [0, 0.1) is 5.92 Å². The summed E-state index contributed by atoms with van der Waals surface area (Å²) >= 11 is 6.28. The van der Waals surface area contributed by atoms with Crippen molar-refractivity contribution in [2.45, 2.75) is 19.5 Å². The molecule has 3 rings (SSSR count). The third-order valence-corrected chi connectivity index (χ3v) is 4.96. The zero-order chi connectivity index (χ0) is 17.8. The molecule has 0 saturated heterocycles. The average molecular weight is 363 g/mol. The van der Waals surface area contributed by atoms with Crippen molar-refractivity contribution < 1.29 is 14.3 Å². The minimum atomic E-state index is -0.0685. The first-order valence-corrected chi connectivity index (χ1v) is 8.76. The largest absolute Gasteiger partial charge is 0.497 e. The van der Waals surface area contributed by atoms with Gasteiger partial charge in [-0.1, -0.05) is 11.6 Å². The molecule has 2 aromatic rings. The molecule has 25 heavy (non-hydrogen) atoms. The van der Waals surface area contributed by atoms with Crippen LogP contribution in [0.2, 0.25) is 5.02 Å². The second kappa shape index (κ2) is 7.93. The minimum Gasteiger partial charge on any atom is -0.497 e. The minimum absolute atomic E-state index is 0.0685. The highest BCUT2D eigenvalue weighted by molar-refractivity contribution is 6.33. The number of amides is 1. The molecule has 1 amide bonds. The molecular weight excluding hydrogens is 340 g/mol. The summed E-state index contributed by atoms with van der Waals surface area (Å²) in [6.07, 6.45) is 2.98. The SMILES string of the molecule is COCC[C@@H]1CN(C(=O)c2cc(OC)ccc2Cl)Cc2cccn2C1. The third kappa shape index (κ3) is 3.99. The van der Waals surface area contributed by atoms with Crippen molar-refractivity contribution in [2.75, 3.05) is 27.4 Å². The molecule has 0 aliphatic carbocycles. The van der Waals surface area contributed by atoms with Crippen LogP contribution in [0.3, 0.4) is 0 Å². The monoisotopic (exact) mass is 362 g/mol. The summed E-state index contributed by atoms with van der Waals surface area (Å²) in [4.78, 5) is 15.0. The lowest BCUT2D eigenvalue weighted by atomic mass is 10.0. The molecular formula is C19H23ClN2O3. The number of methoxy groups -OCH3 is 2. The molecule has 0 fully saturated rings. The van der Waals surface area contributed by atoms with Gasteiger partial charge in [-0.05, 0) is 42.7 Å². The maximum atomic E-state index is 13.1. The van der Waals surface area contributed by atoms with E-state index in [1.54, 1.807) is 32.4 Å². The fourth-order valence-electron chi connectivity index (χ4n) is 3.27. The smallest absolute Gasteiger partial charge is 0.255 e. The Morgan fingerprint density at radius 3 is 2.88 bits per heavy atom. The van der Waals surface area contributed by atoms with Crippen molar-refractivity contribution in [3.05, 3.63) is 52.8 Å². The van der Waals surface area contributed by atoms with Crippen molar-refractivity contribution in [3.8, 4) is 5.75 Å². The second-order valence-corrected chi connectivity index (χ2v) is 6.74. The summed E-state index contributed by atoms with van der Waals surface area (Å²) in [6, 6.07) is 9.25. The van der Waals surface area contributed by atoms with E-state index in [1.165, 1.54) is 0 Å². The molecule has 0 unspecified atom stereocenters. The van der Waals surface area contributed by atoms with Gasteiger partial charge in [-0.25, -0.2) is 0 Å². The molecule has 5 nitrogen and oxygen atoms in total. The van der Waals surface area contributed by atoms with E-state index in [4.69, 9.17) is 21.1 Å². The first-order chi connectivity index (χ1) is 12.1. The van der Waals surface area contributed by atoms with Gasteiger partial charge in [0.1, 0.15) is 5.75 Å². The summed E-state index contributed by atoms with van der Waals surface area (Å²) in [5.74, 6) is 0.893. The van der Waals surface area contributed by atoms with E-state index in [0.29, 0.717) is 41.9 Å². The molecule has 0 N–H and O–H groups in total. The van der Waals surface area contributed by atoms with Crippen LogP contribution in [0.25, 0.3) is 0 Å². The summed E-state index contributed by atoms with van der Waals surface area (Å²) < 4.78 is 12.7. The normalized spacial score (nSPS) is 17.1. The van der Waals surface area contributed by atoms with Crippen LogP contribution in [-0.4, -0.2) is 42.7 Å². The van der Waals surface area contributed by atoms with Gasteiger partial charge in [0.25, 0.3) is 5.91 Å². The van der Waals surface area contributed by atoms with Gasteiger partial charge in [-0.2, -0.15) is 0 Å². The number of hydrogen-bond acceptors (Lipinski definition) is 3. The second-order valence-electron chi connectivity index (χ2n) is 6.33. The van der Waals surface area contributed by atoms with Crippen molar-refractivity contribution in [1.82, 2.24) is 9.47 Å². The Kier molecular flexibility index (Phi) is 5.66. The molecule has 134 valence electrons. The molecule has 2 heterocycles. The van der Waals surface area contributed by atoms with Crippen LogP contribution >= 0.6 is 11.6 Å². The molecule has 1 aliphatic heterocycles. The Morgan fingerprint density at radius 1 is 1.28 bits per heavy atom. The number of ether oxygens (including phenoxy) is 2. The lowest BCUT2D eigenvalue weighted by molar-refractivity contribution is 0.0705. The predicted molar refractivity (Wildman–Crippen MR) is 97.2 cm³/mol. The van der Waals surface area contributed by atoms with E-state index in [1.807, 2.05) is 11.0 Å². The van der Waals surface area contributed by atoms with Crippen molar-refractivity contribution in [3.63, 3.8) is 0 Å². The molecule has 1 aromatic heterocycles. The highest BCUT2D eigenvalue weighted by Gasteiger charge is 2.26. The molecule has 1 atom stereocenters. The first-order valence-electron chi connectivity index (χ1n) is 8.38. The van der Waals surface area contributed by atoms with E-state index in [9.17, 15) is 4.79 Å². The molecule has 0 spiro atoms. The maximum absolute atomic E-state index is 13.1. The number of halogens is 1. The van der Waals surface area contributed by atoms with Gasteiger partial charge >= 0.3 is 0 Å². The fourth-order valence-corrected chi connectivity index (χ4v) is 3.46. The van der Waals surface area contributed by atoms with Gasteiger partial charge in [0.15, 0.2) is 0 Å². The van der Waals surface area contributed by atoms with Gasteiger partial charge in [0.2, 0.25) is 0 Å². The van der Waals surface area contributed by atoms with Crippen LogP contribution in [0.5, 0.6) is 5.75 Å². The topological polar surface area (TPSA) is 43.7 Å². The van der Waals surface area contributed by atoms with Crippen LogP contribution in [0.4, 0.5) is 0 Å². The number of aromatic nitrogens is 1. The molecule has 6 heteroatoms. The predicted octanol–water partition coefficient (Wildman–Crippen LogP) is 3.46. The van der Waals surface area contributed by atoms with Crippen LogP contribution in [-0.2, 0) is 17.8 Å². The zero-order valence-electron chi connectivity index (χ0n) is 14.6. The maximum Gasteiger partial charge on any atom is 0.255 e. The summed E-state index contributed by atoms with van der Waals surface area (Å²) in [5, 5.41) is 0.443. The number of carbonyl (C=O) groups is 1. The van der Waals surface area contributed by atoms with Gasteiger partial charge in [0, 0.05) is 38.7 Å². The zero-order valence-corrected chi connectivity index (χ0v) is 15.3. The van der Waals surface area contributed by atoms with E-state index in [-0.39, 0.29) is 5.91 Å². The Morgan fingerprint density at radius 2 is 2.12 bits per heavy atom. The van der Waals surface area contributed by atoms with Crippen molar-refractivity contribution >= 4 is 17.5 Å². The van der Waals surface area contributed by atoms with E-state index >= 15 is 0 Å². The molecule has 1 aliphatic rings. The van der Waals surface area contributed by atoms with Gasteiger partial charge in [-0.15, -0.1) is 0 Å². The summed E-state index contributed by atoms with van der Waals surface area (Å²) in [5.41, 5.74) is 1.61. The summed E-state index contributed by atoms with van der Waals surface area (Å²) in [6.45, 7) is 2.82. The van der Waals surface area contributed by atoms with Crippen LogP contribution in [0.1, 0.15) is 22.5 Å². The molecule has 0 radical (unpaired) electrons. The lowest BCUT2D eigenvalue weighted by Gasteiger charge is -2.25. The van der Waals surface area contributed by atoms with Crippen molar-refractivity contribution in [2.24, 2.45) is 5.92 Å². The third-order valence-electron chi connectivity index (χ3n) is 4.63. The highest BCUT2D eigenvalue weighted by atomic mass is 35.5. The Bertz CT molecular complexity index is 744. The highest BCUT2D eigenvalue weighted by Crippen LogP contribution is 2.26. The number of nitrogens with zero attached hydrogens (tertiary/aromatic N) is 2. The molecule has 1 aromatic carbocycles. The standard InChI is InChI=1S/C19H23ClN2O3/c1-24-9-7-14-11-21-8-3-4-15(21)13-22(12-14)19(23)17-10-16(25-2)5-6-18(17)20/h3-6,8,10,14H,7,9,11-13H2,1-2H3/t14-/m0/s1. The van der Waals surface area contributed by atoms with E-state index in [0.717, 1.165) is 18.7 Å². The van der Waals surface area contributed by atoms with Crippen molar-refractivity contribution in [1.29, 1.82) is 0 Å². The average Bonchev–Trinajstić information content (AvgIpc) is 2.97. The molecule has 0 saturated carbocycles. The number of benzene rings is 1. The Labute approximate surface area is 153 Å². The number of carbonyl (C=O) groups excluding carboxylic acids is 1. The number of hydrogen-bond donors (Lipinski definition) is 0. The molecule has 0 bridgehead atoms. The Hall–Kier alpha value is -1.98. The first kappa shape index (κ1) is 17.8. The van der Waals surface area contributed by atoms with Crippen LogP contribution < -0.4 is 4.74 Å². The quantitative estimate of drug-likeness (QED) is 0.818. The van der Waals surface area contributed by atoms with Crippen LogP contribution in [0.15, 0.2) is 36.5 Å². The van der Waals surface area contributed by atoms with Gasteiger partial charge in [-0.3, -0.25) is 4.79 Å². The number of rotatable bonds is 5. The summed E-state index contributed by atoms with van der Waals surface area (Å²) in [7, 11) is 3.29. The van der Waals surface area contributed by atoms with Gasteiger partial charge in [0.05, 0.1) is 24.2 Å². The van der Waals surface area contributed by atoms with E-state index < -0.39 is 0 Å². The number of fused-ring (bicyclic) bond motifs is 1. The lowest BCUT2D eigenvalue weighted by Crippen LogP contribution is -2.34. The van der Waals surface area contributed by atoms with E-state index in [2.05, 4.69) is 16.8 Å². The Balaban J connectivity index is 1.88. The fraction of sp³-hybridized carbons (Fsp3) is 0.421. The van der Waals surface area contributed by atoms with Gasteiger partial charge < -0.3 is 18.9 Å².